The van der Waals surface area contributed by atoms with Gasteiger partial charge >= 0.3 is 5.97 Å². The summed E-state index contributed by atoms with van der Waals surface area (Å²) in [5, 5.41) is 12.2. The molecule has 3 aromatic rings. The summed E-state index contributed by atoms with van der Waals surface area (Å²) in [4.78, 5) is 20.1. The van der Waals surface area contributed by atoms with Gasteiger partial charge in [-0.1, -0.05) is 42.1 Å². The molecule has 1 aromatic carbocycles. The number of pyridine rings is 2. The number of aliphatic carboxylic acids is 1. The quantitative estimate of drug-likeness (QED) is 0.727. The zero-order valence-corrected chi connectivity index (χ0v) is 13.7. The Morgan fingerprint density at radius 1 is 1.09 bits per heavy atom. The Balaban J connectivity index is 2.15. The molecular weight excluding hydrogens is 308 g/mol. The standard InChI is InChI=1S/C18H16N2O2S/c1-18(2,17(21)22)23-16-14(8-5-9-20-16)15-11-19-10-12-6-3-4-7-13(12)15/h3-11H,1-2H3,(H,21,22). The number of carbonyl (C=O) groups is 1. The molecule has 2 heterocycles. The highest BCUT2D eigenvalue weighted by Crippen LogP contribution is 2.39. The summed E-state index contributed by atoms with van der Waals surface area (Å²) in [7, 11) is 0. The van der Waals surface area contributed by atoms with Crippen LogP contribution < -0.4 is 0 Å². The number of aromatic nitrogens is 2. The number of carboxylic acids is 1. The number of carboxylic acid groups (broad SMARTS) is 1. The van der Waals surface area contributed by atoms with Gasteiger partial charge in [-0.2, -0.15) is 0 Å². The molecule has 0 aliphatic rings. The average molecular weight is 324 g/mol. The highest BCUT2D eigenvalue weighted by Gasteiger charge is 2.30. The molecule has 0 bridgehead atoms. The van der Waals surface area contributed by atoms with Gasteiger partial charge in [-0.25, -0.2) is 4.98 Å². The Bertz CT molecular complexity index is 872. The van der Waals surface area contributed by atoms with Crippen LogP contribution in [0.5, 0.6) is 0 Å². The Labute approximate surface area is 138 Å². The third-order valence-corrected chi connectivity index (χ3v) is 4.80. The molecule has 0 amide bonds. The van der Waals surface area contributed by atoms with E-state index < -0.39 is 10.7 Å². The first kappa shape index (κ1) is 15.5. The minimum Gasteiger partial charge on any atom is -0.480 e. The Kier molecular flexibility index (Phi) is 4.05. The van der Waals surface area contributed by atoms with Gasteiger partial charge in [0.25, 0.3) is 0 Å². The molecule has 1 N–H and O–H groups in total. The van der Waals surface area contributed by atoms with E-state index in [0.29, 0.717) is 5.03 Å². The minimum atomic E-state index is -0.957. The summed E-state index contributed by atoms with van der Waals surface area (Å²) in [6.45, 7) is 3.36. The molecule has 5 heteroatoms. The van der Waals surface area contributed by atoms with E-state index in [1.807, 2.05) is 42.6 Å². The van der Waals surface area contributed by atoms with Crippen LogP contribution in [-0.4, -0.2) is 25.8 Å². The highest BCUT2D eigenvalue weighted by molar-refractivity contribution is 8.01. The number of fused-ring (bicyclic) bond motifs is 1. The fourth-order valence-corrected chi connectivity index (χ4v) is 3.27. The highest BCUT2D eigenvalue weighted by atomic mass is 32.2. The average Bonchev–Trinajstić information content (AvgIpc) is 2.54. The maximum Gasteiger partial charge on any atom is 0.319 e. The zero-order chi connectivity index (χ0) is 16.4. The van der Waals surface area contributed by atoms with Crippen LogP contribution in [0.2, 0.25) is 0 Å². The summed E-state index contributed by atoms with van der Waals surface area (Å²) in [5.74, 6) is -0.866. The monoisotopic (exact) mass is 324 g/mol. The smallest absolute Gasteiger partial charge is 0.319 e. The molecule has 0 aliphatic carbocycles. The molecule has 0 spiro atoms. The van der Waals surface area contributed by atoms with Crippen LogP contribution in [0.3, 0.4) is 0 Å². The third-order valence-electron chi connectivity index (χ3n) is 3.60. The molecule has 3 rings (SSSR count). The lowest BCUT2D eigenvalue weighted by Gasteiger charge is -2.19. The summed E-state index contributed by atoms with van der Waals surface area (Å²) < 4.78 is -0.957. The van der Waals surface area contributed by atoms with E-state index in [9.17, 15) is 9.90 Å². The van der Waals surface area contributed by atoms with Crippen molar-refractivity contribution in [1.29, 1.82) is 0 Å². The molecule has 0 aliphatic heterocycles. The first-order valence-electron chi connectivity index (χ1n) is 7.19. The maximum absolute atomic E-state index is 11.4. The van der Waals surface area contributed by atoms with Crippen molar-refractivity contribution in [2.45, 2.75) is 23.6 Å². The van der Waals surface area contributed by atoms with Crippen LogP contribution in [0.25, 0.3) is 21.9 Å². The van der Waals surface area contributed by atoms with Crippen LogP contribution in [-0.2, 0) is 4.79 Å². The van der Waals surface area contributed by atoms with E-state index in [0.717, 1.165) is 21.9 Å². The van der Waals surface area contributed by atoms with Crippen LogP contribution in [0.1, 0.15) is 13.8 Å². The largest absolute Gasteiger partial charge is 0.480 e. The molecule has 0 saturated heterocycles. The molecule has 0 radical (unpaired) electrons. The van der Waals surface area contributed by atoms with E-state index in [-0.39, 0.29) is 0 Å². The van der Waals surface area contributed by atoms with Gasteiger partial charge in [0.05, 0.1) is 0 Å². The van der Waals surface area contributed by atoms with Crippen molar-refractivity contribution in [2.24, 2.45) is 0 Å². The number of nitrogens with zero attached hydrogens (tertiary/aromatic N) is 2. The summed E-state index contributed by atoms with van der Waals surface area (Å²) in [5.41, 5.74) is 1.86. The predicted molar refractivity (Wildman–Crippen MR) is 92.5 cm³/mol. The van der Waals surface area contributed by atoms with Crippen molar-refractivity contribution in [1.82, 2.24) is 9.97 Å². The maximum atomic E-state index is 11.4. The predicted octanol–water partition coefficient (Wildman–Crippen LogP) is 4.25. The molecule has 0 unspecified atom stereocenters. The van der Waals surface area contributed by atoms with Gasteiger partial charge < -0.3 is 5.11 Å². The fraction of sp³-hybridized carbons (Fsp3) is 0.167. The SMILES string of the molecule is CC(C)(Sc1ncccc1-c1cncc2ccccc12)C(=O)O. The summed E-state index contributed by atoms with van der Waals surface area (Å²) in [6.07, 6.45) is 5.31. The second-order valence-corrected chi connectivity index (χ2v) is 7.29. The second kappa shape index (κ2) is 6.01. The summed E-state index contributed by atoms with van der Waals surface area (Å²) in [6, 6.07) is 11.8. The van der Waals surface area contributed by atoms with Crippen LogP contribution in [0.4, 0.5) is 0 Å². The zero-order valence-electron chi connectivity index (χ0n) is 12.9. The molecule has 116 valence electrons. The molecule has 4 nitrogen and oxygen atoms in total. The van der Waals surface area contributed by atoms with Crippen molar-refractivity contribution in [3.8, 4) is 11.1 Å². The van der Waals surface area contributed by atoms with Gasteiger partial charge in [-0.3, -0.25) is 9.78 Å². The van der Waals surface area contributed by atoms with Crippen LogP contribution in [0, 0.1) is 0 Å². The van der Waals surface area contributed by atoms with E-state index in [2.05, 4.69) is 9.97 Å². The molecule has 0 saturated carbocycles. The van der Waals surface area contributed by atoms with E-state index in [4.69, 9.17) is 0 Å². The van der Waals surface area contributed by atoms with E-state index in [1.165, 1.54) is 11.8 Å². The number of hydrogen-bond acceptors (Lipinski definition) is 4. The lowest BCUT2D eigenvalue weighted by molar-refractivity contribution is -0.138. The Morgan fingerprint density at radius 2 is 1.87 bits per heavy atom. The molecule has 2 aromatic heterocycles. The summed E-state index contributed by atoms with van der Waals surface area (Å²) >= 11 is 1.25. The van der Waals surface area contributed by atoms with Gasteiger partial charge in [-0.05, 0) is 25.3 Å². The van der Waals surface area contributed by atoms with Gasteiger partial charge in [0.2, 0.25) is 0 Å². The molecule has 0 fully saturated rings. The fourth-order valence-electron chi connectivity index (χ4n) is 2.29. The first-order valence-corrected chi connectivity index (χ1v) is 8.01. The number of hydrogen-bond donors (Lipinski definition) is 1. The van der Waals surface area contributed by atoms with Gasteiger partial charge in [0, 0.05) is 35.1 Å². The topological polar surface area (TPSA) is 63.1 Å². The Hall–Kier alpha value is -2.40. The van der Waals surface area contributed by atoms with E-state index >= 15 is 0 Å². The van der Waals surface area contributed by atoms with Crippen molar-refractivity contribution in [2.75, 3.05) is 0 Å². The van der Waals surface area contributed by atoms with Crippen LogP contribution >= 0.6 is 11.8 Å². The first-order chi connectivity index (χ1) is 11.0. The molecule has 23 heavy (non-hydrogen) atoms. The third kappa shape index (κ3) is 3.05. The normalized spacial score (nSPS) is 11.6. The lowest BCUT2D eigenvalue weighted by Crippen LogP contribution is -2.27. The Morgan fingerprint density at radius 3 is 2.65 bits per heavy atom. The van der Waals surface area contributed by atoms with Crippen molar-refractivity contribution in [3.63, 3.8) is 0 Å². The van der Waals surface area contributed by atoms with E-state index in [1.54, 1.807) is 26.2 Å². The van der Waals surface area contributed by atoms with Crippen molar-refractivity contribution in [3.05, 3.63) is 55.0 Å². The van der Waals surface area contributed by atoms with Gasteiger partial charge in [-0.15, -0.1) is 0 Å². The minimum absolute atomic E-state index is 0.693. The van der Waals surface area contributed by atoms with Crippen LogP contribution in [0.15, 0.2) is 60.0 Å². The lowest BCUT2D eigenvalue weighted by atomic mass is 10.0. The number of thioether (sulfide) groups is 1. The number of rotatable bonds is 4. The molecule has 0 atom stereocenters. The number of benzene rings is 1. The van der Waals surface area contributed by atoms with Gasteiger partial charge in [0.1, 0.15) is 9.77 Å². The van der Waals surface area contributed by atoms with Crippen molar-refractivity contribution < 1.29 is 9.90 Å². The van der Waals surface area contributed by atoms with Crippen molar-refractivity contribution >= 4 is 28.5 Å². The second-order valence-electron chi connectivity index (χ2n) is 5.68. The van der Waals surface area contributed by atoms with Gasteiger partial charge in [0.15, 0.2) is 0 Å². The molecular formula is C18H16N2O2S.